The average Bonchev–Trinajstić information content (AvgIpc) is 3.19. The molecule has 2 aromatic rings. The summed E-state index contributed by atoms with van der Waals surface area (Å²) < 4.78 is 45.5. The molecule has 0 amide bonds. The maximum absolute atomic E-state index is 13.2. The van der Waals surface area contributed by atoms with Crippen molar-refractivity contribution < 1.29 is 27.8 Å². The maximum atomic E-state index is 13.2. The molecule has 0 aliphatic carbocycles. The Morgan fingerprint density at radius 1 is 1.32 bits per heavy atom. The lowest BCUT2D eigenvalue weighted by atomic mass is 10.1. The molecule has 0 saturated carbocycles. The number of ether oxygens (including phenoxy) is 1. The summed E-state index contributed by atoms with van der Waals surface area (Å²) in [5, 5.41) is 14.2. The molecule has 0 saturated heterocycles. The van der Waals surface area contributed by atoms with Gasteiger partial charge >= 0.3 is 12.1 Å². The van der Waals surface area contributed by atoms with Crippen molar-refractivity contribution in [1.29, 1.82) is 0 Å². The number of benzene rings is 1. The smallest absolute Gasteiger partial charge is 0.418 e. The minimum atomic E-state index is -4.52. The van der Waals surface area contributed by atoms with Crippen molar-refractivity contribution in [2.24, 2.45) is 4.99 Å². The molecule has 0 fully saturated rings. The molecule has 1 N–H and O–H groups in total. The second kappa shape index (κ2) is 7.34. The van der Waals surface area contributed by atoms with Crippen LogP contribution in [0, 0.1) is 0 Å². The molecule has 2 heterocycles. The fourth-order valence-corrected chi connectivity index (χ4v) is 2.75. The number of carbonyl (C=O) groups is 1. The zero-order valence-electron chi connectivity index (χ0n) is 15.0. The fraction of sp³-hybridized carbons (Fsp3) is 0.211. The molecule has 28 heavy (non-hydrogen) atoms. The Hall–Kier alpha value is -3.36. The van der Waals surface area contributed by atoms with Gasteiger partial charge in [-0.1, -0.05) is 12.1 Å². The van der Waals surface area contributed by atoms with Gasteiger partial charge in [0.15, 0.2) is 5.76 Å². The number of aromatic nitrogens is 2. The van der Waals surface area contributed by atoms with Crippen LogP contribution >= 0.6 is 0 Å². The Balaban J connectivity index is 1.96. The summed E-state index contributed by atoms with van der Waals surface area (Å²) in [6.07, 6.45) is -0.396. The Labute approximate surface area is 158 Å². The van der Waals surface area contributed by atoms with Gasteiger partial charge in [-0.3, -0.25) is 0 Å². The summed E-state index contributed by atoms with van der Waals surface area (Å²) >= 11 is 0. The molecule has 3 rings (SSSR count). The van der Waals surface area contributed by atoms with Crippen LogP contribution < -0.4 is 0 Å². The van der Waals surface area contributed by atoms with Crippen LogP contribution in [0.1, 0.15) is 25.0 Å². The van der Waals surface area contributed by atoms with E-state index in [0.717, 1.165) is 10.7 Å². The molecule has 146 valence electrons. The minimum absolute atomic E-state index is 0.0390. The first-order valence-electron chi connectivity index (χ1n) is 8.31. The van der Waals surface area contributed by atoms with Gasteiger partial charge in [-0.15, -0.1) is 0 Å². The number of aliphatic imine (C=N–C) groups is 1. The number of alkyl halides is 3. The highest BCUT2D eigenvalue weighted by atomic mass is 19.4. The standard InChI is InChI=1S/C19H16F3N3O3/c1-3-28-18(27)16-11(2)24-14(17(16)26)8-12-9-23-25(10-12)15-7-5-4-6-13(15)19(20,21)22/h4-10,26H,3H2,1-2H3/b14-8+. The summed E-state index contributed by atoms with van der Waals surface area (Å²) in [5.41, 5.74) is -0.193. The molecule has 1 aromatic heterocycles. The van der Waals surface area contributed by atoms with Crippen molar-refractivity contribution in [1.82, 2.24) is 9.78 Å². The summed E-state index contributed by atoms with van der Waals surface area (Å²) in [7, 11) is 0. The Morgan fingerprint density at radius 2 is 2.04 bits per heavy atom. The van der Waals surface area contributed by atoms with Gasteiger partial charge in [-0.05, 0) is 32.1 Å². The molecular formula is C19H16F3N3O3. The summed E-state index contributed by atoms with van der Waals surface area (Å²) in [6.45, 7) is 3.33. The van der Waals surface area contributed by atoms with Crippen LogP contribution in [0.3, 0.4) is 0 Å². The SMILES string of the molecule is CCOC(=O)C1=C(O)/C(=C\c2cnn(-c3ccccc3C(F)(F)F)c2)N=C1C. The molecule has 0 unspecified atom stereocenters. The third-order valence-electron chi connectivity index (χ3n) is 3.97. The lowest BCUT2D eigenvalue weighted by molar-refractivity contribution is -0.138. The van der Waals surface area contributed by atoms with Crippen molar-refractivity contribution in [3.63, 3.8) is 0 Å². The van der Waals surface area contributed by atoms with Crippen molar-refractivity contribution in [2.45, 2.75) is 20.0 Å². The van der Waals surface area contributed by atoms with Crippen molar-refractivity contribution in [3.05, 3.63) is 64.8 Å². The lowest BCUT2D eigenvalue weighted by Gasteiger charge is -2.12. The first kappa shape index (κ1) is 19.4. The second-order valence-electron chi connectivity index (χ2n) is 5.90. The normalized spacial score (nSPS) is 15.9. The predicted molar refractivity (Wildman–Crippen MR) is 95.9 cm³/mol. The number of aliphatic hydroxyl groups excluding tert-OH is 1. The highest BCUT2D eigenvalue weighted by molar-refractivity contribution is 6.22. The molecule has 1 aliphatic rings. The monoisotopic (exact) mass is 391 g/mol. The second-order valence-corrected chi connectivity index (χ2v) is 5.90. The first-order chi connectivity index (χ1) is 13.2. The van der Waals surface area contributed by atoms with Gasteiger partial charge in [0.05, 0.1) is 29.8 Å². The minimum Gasteiger partial charge on any atom is -0.505 e. The van der Waals surface area contributed by atoms with E-state index in [2.05, 4.69) is 10.1 Å². The third-order valence-corrected chi connectivity index (χ3v) is 3.97. The van der Waals surface area contributed by atoms with E-state index in [4.69, 9.17) is 4.74 Å². The Kier molecular flexibility index (Phi) is 5.08. The number of esters is 1. The fourth-order valence-electron chi connectivity index (χ4n) is 2.75. The highest BCUT2D eigenvalue weighted by Gasteiger charge is 2.34. The molecule has 9 heteroatoms. The van der Waals surface area contributed by atoms with Gasteiger partial charge in [0, 0.05) is 11.8 Å². The van der Waals surface area contributed by atoms with E-state index in [0.29, 0.717) is 5.56 Å². The number of halogens is 3. The molecule has 0 atom stereocenters. The number of aliphatic hydroxyl groups is 1. The number of para-hydroxylation sites is 1. The quantitative estimate of drug-likeness (QED) is 0.797. The van der Waals surface area contributed by atoms with E-state index in [9.17, 15) is 23.1 Å². The molecule has 6 nitrogen and oxygen atoms in total. The lowest BCUT2D eigenvalue weighted by Crippen LogP contribution is -2.13. The van der Waals surface area contributed by atoms with E-state index in [-0.39, 0.29) is 35.0 Å². The molecule has 1 aliphatic heterocycles. The van der Waals surface area contributed by atoms with E-state index in [1.54, 1.807) is 13.8 Å². The van der Waals surface area contributed by atoms with Crippen LogP contribution in [0.15, 0.2) is 58.7 Å². The van der Waals surface area contributed by atoms with Gasteiger partial charge in [0.1, 0.15) is 11.3 Å². The van der Waals surface area contributed by atoms with Crippen LogP contribution in [0.4, 0.5) is 13.2 Å². The van der Waals surface area contributed by atoms with Crippen LogP contribution in [0.25, 0.3) is 11.8 Å². The van der Waals surface area contributed by atoms with Crippen LogP contribution in [0.2, 0.25) is 0 Å². The van der Waals surface area contributed by atoms with Crippen LogP contribution in [-0.4, -0.2) is 33.2 Å². The zero-order chi connectivity index (χ0) is 20.5. The van der Waals surface area contributed by atoms with Crippen molar-refractivity contribution >= 4 is 17.8 Å². The van der Waals surface area contributed by atoms with Gasteiger partial charge in [0.2, 0.25) is 0 Å². The predicted octanol–water partition coefficient (Wildman–Crippen LogP) is 4.08. The van der Waals surface area contributed by atoms with Crippen LogP contribution in [-0.2, 0) is 15.7 Å². The van der Waals surface area contributed by atoms with Crippen molar-refractivity contribution in [2.75, 3.05) is 6.61 Å². The molecule has 1 aromatic carbocycles. The third kappa shape index (κ3) is 3.68. The summed E-state index contributed by atoms with van der Waals surface area (Å²) in [5.74, 6) is -1.04. The average molecular weight is 391 g/mol. The van der Waals surface area contributed by atoms with E-state index in [1.165, 1.54) is 36.7 Å². The number of nitrogens with zero attached hydrogens (tertiary/aromatic N) is 3. The van der Waals surface area contributed by atoms with E-state index >= 15 is 0 Å². The Morgan fingerprint density at radius 3 is 2.71 bits per heavy atom. The molecular weight excluding hydrogens is 375 g/mol. The van der Waals surface area contributed by atoms with Crippen LogP contribution in [0.5, 0.6) is 0 Å². The Bertz CT molecular complexity index is 1020. The van der Waals surface area contributed by atoms with Gasteiger partial charge < -0.3 is 9.84 Å². The topological polar surface area (TPSA) is 76.7 Å². The molecule has 0 spiro atoms. The molecule has 0 bridgehead atoms. The summed E-state index contributed by atoms with van der Waals surface area (Å²) in [6, 6.07) is 5.06. The largest absolute Gasteiger partial charge is 0.505 e. The van der Waals surface area contributed by atoms with E-state index < -0.39 is 17.7 Å². The zero-order valence-corrected chi connectivity index (χ0v) is 15.0. The number of rotatable bonds is 4. The van der Waals surface area contributed by atoms with Gasteiger partial charge in [0.25, 0.3) is 0 Å². The first-order valence-corrected chi connectivity index (χ1v) is 8.31. The van der Waals surface area contributed by atoms with Crippen molar-refractivity contribution in [3.8, 4) is 5.69 Å². The number of carbonyl (C=O) groups excluding carboxylic acids is 1. The molecule has 0 radical (unpaired) electrons. The van der Waals surface area contributed by atoms with Gasteiger partial charge in [-0.25, -0.2) is 14.5 Å². The van der Waals surface area contributed by atoms with E-state index in [1.807, 2.05) is 0 Å². The number of hydrogen-bond donors (Lipinski definition) is 1. The number of hydrogen-bond acceptors (Lipinski definition) is 5. The highest BCUT2D eigenvalue weighted by Crippen LogP contribution is 2.33. The summed E-state index contributed by atoms with van der Waals surface area (Å²) in [4.78, 5) is 16.0. The van der Waals surface area contributed by atoms with Gasteiger partial charge in [-0.2, -0.15) is 18.3 Å². The maximum Gasteiger partial charge on any atom is 0.418 e.